The number of nitrogens with zero attached hydrogens (tertiary/aromatic N) is 2. The third-order valence-electron chi connectivity index (χ3n) is 7.19. The monoisotopic (exact) mass is 631 g/mol. The lowest BCUT2D eigenvalue weighted by molar-refractivity contribution is -0.141. The summed E-state index contributed by atoms with van der Waals surface area (Å²) in [7, 11) is 0. The van der Waals surface area contributed by atoms with Crippen molar-refractivity contribution in [3.8, 4) is 0 Å². The van der Waals surface area contributed by atoms with Crippen LogP contribution in [0.4, 0.5) is 14.6 Å². The van der Waals surface area contributed by atoms with E-state index in [1.54, 1.807) is 0 Å². The number of thioether (sulfide) groups is 2. The second kappa shape index (κ2) is 16.3. The Morgan fingerprint density at radius 3 is 2.42 bits per heavy atom. The van der Waals surface area contributed by atoms with Gasteiger partial charge in [-0.25, -0.2) is 4.79 Å². The minimum Gasteiger partial charge on any atom is -0.496 e. The van der Waals surface area contributed by atoms with Crippen LogP contribution in [-0.4, -0.2) is 50.4 Å². The maximum Gasteiger partial charge on any atom is 0.351 e. The molecule has 1 aliphatic heterocycles. The summed E-state index contributed by atoms with van der Waals surface area (Å²) >= 11 is 3.95. The van der Waals surface area contributed by atoms with Crippen LogP contribution in [0.2, 0.25) is 0 Å². The molecular formula is C32H39F2N3O4S2. The van der Waals surface area contributed by atoms with Gasteiger partial charge in [0.2, 0.25) is 6.23 Å². The first-order chi connectivity index (χ1) is 20.7. The number of aliphatic hydroxyl groups is 1. The summed E-state index contributed by atoms with van der Waals surface area (Å²) in [6, 6.07) is 22.2. The number of halogens is 2. The van der Waals surface area contributed by atoms with E-state index in [1.165, 1.54) is 17.2 Å². The Kier molecular flexibility index (Phi) is 12.5. The van der Waals surface area contributed by atoms with E-state index in [0.29, 0.717) is 22.0 Å². The average molecular weight is 632 g/mol. The molecule has 0 amide bonds. The second-order valence-corrected chi connectivity index (χ2v) is 12.9. The number of aliphatic hydroxyl groups excluding tert-OH is 1. The number of benzene rings is 2. The number of hydrogen-bond acceptors (Lipinski definition) is 8. The molecule has 0 radical (unpaired) electrons. The van der Waals surface area contributed by atoms with E-state index >= 15 is 0 Å². The lowest BCUT2D eigenvalue weighted by Gasteiger charge is -2.20. The SMILES string of the molecule is C=C(CCCCC(CCSCc1ccccc1)SCc1ccccc1)OCC1OC(n2ccc(N)nc2=O)C(F)(F)C1O. The van der Waals surface area contributed by atoms with Crippen LogP contribution >= 0.6 is 23.5 Å². The molecule has 232 valence electrons. The third kappa shape index (κ3) is 9.82. The van der Waals surface area contributed by atoms with Gasteiger partial charge < -0.3 is 20.3 Å². The zero-order valence-electron chi connectivity index (χ0n) is 24.0. The molecule has 2 heterocycles. The first-order valence-electron chi connectivity index (χ1n) is 14.4. The van der Waals surface area contributed by atoms with Gasteiger partial charge >= 0.3 is 11.6 Å². The van der Waals surface area contributed by atoms with Crippen LogP contribution in [0, 0.1) is 0 Å². The Bertz CT molecular complexity index is 1350. The molecule has 43 heavy (non-hydrogen) atoms. The number of aromatic nitrogens is 2. The van der Waals surface area contributed by atoms with Gasteiger partial charge in [-0.2, -0.15) is 37.3 Å². The third-order valence-corrected chi connectivity index (χ3v) is 9.70. The van der Waals surface area contributed by atoms with Gasteiger partial charge in [-0.3, -0.25) is 4.57 Å². The summed E-state index contributed by atoms with van der Waals surface area (Å²) in [5.74, 6) is -0.302. The first-order valence-corrected chi connectivity index (χ1v) is 16.6. The van der Waals surface area contributed by atoms with Gasteiger partial charge in [-0.1, -0.05) is 73.7 Å². The second-order valence-electron chi connectivity index (χ2n) is 10.5. The van der Waals surface area contributed by atoms with E-state index in [4.69, 9.17) is 15.2 Å². The number of nitrogens with two attached hydrogens (primary N) is 1. The Morgan fingerprint density at radius 1 is 1.07 bits per heavy atom. The molecular weight excluding hydrogens is 592 g/mol. The average Bonchev–Trinajstić information content (AvgIpc) is 3.23. The van der Waals surface area contributed by atoms with Crippen molar-refractivity contribution < 1.29 is 23.4 Å². The van der Waals surface area contributed by atoms with E-state index in [2.05, 4.69) is 60.1 Å². The summed E-state index contributed by atoms with van der Waals surface area (Å²) in [4.78, 5) is 15.5. The van der Waals surface area contributed by atoms with Crippen LogP contribution in [0.3, 0.4) is 0 Å². The highest BCUT2D eigenvalue weighted by Crippen LogP contribution is 2.42. The van der Waals surface area contributed by atoms with E-state index in [9.17, 15) is 18.7 Å². The Balaban J connectivity index is 1.19. The fourth-order valence-electron chi connectivity index (χ4n) is 4.76. The highest BCUT2D eigenvalue weighted by molar-refractivity contribution is 7.99. The molecule has 0 spiro atoms. The summed E-state index contributed by atoms with van der Waals surface area (Å²) in [5.41, 5.74) is 7.12. The van der Waals surface area contributed by atoms with Crippen molar-refractivity contribution in [2.75, 3.05) is 18.1 Å². The number of alkyl halides is 2. The van der Waals surface area contributed by atoms with Crippen molar-refractivity contribution in [1.82, 2.24) is 9.55 Å². The number of anilines is 1. The summed E-state index contributed by atoms with van der Waals surface area (Å²) < 4.78 is 41.1. The van der Waals surface area contributed by atoms with E-state index in [-0.39, 0.29) is 12.4 Å². The fraction of sp³-hybridized carbons (Fsp3) is 0.438. The zero-order valence-corrected chi connectivity index (χ0v) is 25.7. The van der Waals surface area contributed by atoms with Crippen molar-refractivity contribution in [3.05, 3.63) is 107 Å². The minimum atomic E-state index is -3.72. The molecule has 1 aromatic heterocycles. The van der Waals surface area contributed by atoms with Crippen molar-refractivity contribution >= 4 is 29.3 Å². The summed E-state index contributed by atoms with van der Waals surface area (Å²) in [5, 5.41) is 10.7. The van der Waals surface area contributed by atoms with Crippen LogP contribution in [-0.2, 0) is 21.0 Å². The maximum atomic E-state index is 14.8. The van der Waals surface area contributed by atoms with E-state index in [1.807, 2.05) is 35.7 Å². The predicted octanol–water partition coefficient (Wildman–Crippen LogP) is 6.44. The van der Waals surface area contributed by atoms with Gasteiger partial charge in [0.05, 0.1) is 5.76 Å². The number of unbranched alkanes of at least 4 members (excludes halogenated alkanes) is 1. The molecule has 0 saturated carbocycles. The molecule has 4 rings (SSSR count). The van der Waals surface area contributed by atoms with Gasteiger partial charge in [0.15, 0.2) is 6.10 Å². The van der Waals surface area contributed by atoms with Crippen LogP contribution in [0.15, 0.2) is 90.1 Å². The van der Waals surface area contributed by atoms with Crippen molar-refractivity contribution in [1.29, 1.82) is 0 Å². The molecule has 4 unspecified atom stereocenters. The van der Waals surface area contributed by atoms with Crippen LogP contribution in [0.5, 0.6) is 0 Å². The molecule has 1 aliphatic rings. The highest BCUT2D eigenvalue weighted by Gasteiger charge is 2.60. The lowest BCUT2D eigenvalue weighted by atomic mass is 10.1. The van der Waals surface area contributed by atoms with Gasteiger partial charge in [-0.15, -0.1) is 0 Å². The topological polar surface area (TPSA) is 99.6 Å². The Hall–Kier alpha value is -2.86. The molecule has 0 aliphatic carbocycles. The van der Waals surface area contributed by atoms with E-state index in [0.717, 1.165) is 49.1 Å². The number of ether oxygens (including phenoxy) is 2. The number of nitrogen functional groups attached to an aromatic ring is 1. The van der Waals surface area contributed by atoms with Gasteiger partial charge in [-0.05, 0) is 42.2 Å². The molecule has 4 atom stereocenters. The fourth-order valence-corrected chi connectivity index (χ4v) is 7.17. The first kappa shape index (κ1) is 33.0. The number of rotatable bonds is 17. The standard InChI is InChI=1S/C32H39F2N3O4S2/c1-23(40-20-27-29(38)32(33,34)30(41-27)37-18-16-28(35)36-31(37)39)10-8-9-15-26(43-22-25-13-6-3-7-14-25)17-19-42-21-24-11-4-2-5-12-24/h2-7,11-14,16,18,26-27,29-30,38H,1,8-10,15,17,19-22H2,(H2,35,36,39). The number of hydrogen-bond donors (Lipinski definition) is 2. The minimum absolute atomic E-state index is 0.0950. The summed E-state index contributed by atoms with van der Waals surface area (Å²) in [6.45, 7) is 3.62. The van der Waals surface area contributed by atoms with Gasteiger partial charge in [0.1, 0.15) is 18.5 Å². The Morgan fingerprint density at radius 2 is 1.74 bits per heavy atom. The maximum absolute atomic E-state index is 14.8. The van der Waals surface area contributed by atoms with Crippen molar-refractivity contribution in [2.24, 2.45) is 0 Å². The largest absolute Gasteiger partial charge is 0.496 e. The summed E-state index contributed by atoms with van der Waals surface area (Å²) in [6.07, 6.45) is 0.136. The Labute approximate surface area is 259 Å². The molecule has 3 N–H and O–H groups in total. The zero-order chi connectivity index (χ0) is 30.7. The van der Waals surface area contributed by atoms with Crippen LogP contribution < -0.4 is 11.4 Å². The lowest BCUT2D eigenvalue weighted by Crippen LogP contribution is -2.42. The normalized spacial score (nSPS) is 20.1. The molecule has 3 aromatic rings. The van der Waals surface area contributed by atoms with Crippen LogP contribution in [0.1, 0.15) is 49.5 Å². The molecule has 1 saturated heterocycles. The van der Waals surface area contributed by atoms with Gasteiger partial charge in [0.25, 0.3) is 0 Å². The van der Waals surface area contributed by atoms with E-state index < -0.39 is 30.0 Å². The number of allylic oxidation sites excluding steroid dienone is 1. The molecule has 1 fully saturated rings. The highest BCUT2D eigenvalue weighted by atomic mass is 32.2. The molecule has 0 bridgehead atoms. The van der Waals surface area contributed by atoms with Crippen molar-refractivity contribution in [2.45, 2.75) is 73.2 Å². The smallest absolute Gasteiger partial charge is 0.351 e. The van der Waals surface area contributed by atoms with Crippen molar-refractivity contribution in [3.63, 3.8) is 0 Å². The quantitative estimate of drug-likeness (QED) is 0.130. The van der Waals surface area contributed by atoms with Gasteiger partial charge in [0, 0.05) is 29.4 Å². The molecule has 11 heteroatoms. The predicted molar refractivity (Wildman–Crippen MR) is 170 cm³/mol. The molecule has 2 aromatic carbocycles. The molecule has 7 nitrogen and oxygen atoms in total. The van der Waals surface area contributed by atoms with Crippen LogP contribution in [0.25, 0.3) is 0 Å².